The molecule has 1 aliphatic heterocycles. The number of alkyl halides is 3. The molecule has 0 radical (unpaired) electrons. The van der Waals surface area contributed by atoms with Crippen molar-refractivity contribution >= 4 is 30.0 Å². The second-order valence-electron chi connectivity index (χ2n) is 10.2. The summed E-state index contributed by atoms with van der Waals surface area (Å²) in [5.74, 6) is 0.475. The predicted molar refractivity (Wildman–Crippen MR) is 156 cm³/mol. The van der Waals surface area contributed by atoms with Crippen molar-refractivity contribution in [3.8, 4) is 0 Å². The number of halogens is 3. The first-order chi connectivity index (χ1) is 20.0. The van der Waals surface area contributed by atoms with Crippen molar-refractivity contribution in [3.05, 3.63) is 89.4 Å². The number of rotatable bonds is 8. The highest BCUT2D eigenvalue weighted by Crippen LogP contribution is 2.29. The van der Waals surface area contributed by atoms with Gasteiger partial charge in [-0.2, -0.15) is 13.2 Å². The quantitative estimate of drug-likeness (QED) is 0.242. The van der Waals surface area contributed by atoms with E-state index in [1.54, 1.807) is 12.3 Å². The van der Waals surface area contributed by atoms with Crippen LogP contribution in [0.4, 0.5) is 24.7 Å². The van der Waals surface area contributed by atoms with Gasteiger partial charge in [0, 0.05) is 48.8 Å². The molecule has 1 aliphatic rings. The molecular formula is C31H36F3N5O3. The summed E-state index contributed by atoms with van der Waals surface area (Å²) in [6.45, 7) is 8.12. The minimum Gasteiger partial charge on any atom is -0.483 e. The Labute approximate surface area is 243 Å². The maximum absolute atomic E-state index is 13.5. The average Bonchev–Trinajstić information content (AvgIpc) is 2.95. The molecule has 2 N–H and O–H groups in total. The van der Waals surface area contributed by atoms with Crippen LogP contribution in [0, 0.1) is 6.92 Å². The van der Waals surface area contributed by atoms with Gasteiger partial charge in [-0.25, -0.2) is 4.98 Å². The second kappa shape index (κ2) is 15.1. The minimum absolute atomic E-state index is 0.0334. The fraction of sp³-hybridized carbons (Fsp3) is 0.355. The van der Waals surface area contributed by atoms with Gasteiger partial charge in [0.1, 0.15) is 5.82 Å². The summed E-state index contributed by atoms with van der Waals surface area (Å²) >= 11 is 0. The number of carboxylic acid groups (broad SMARTS) is 1. The summed E-state index contributed by atoms with van der Waals surface area (Å²) in [5.41, 5.74) is 2.32. The van der Waals surface area contributed by atoms with Gasteiger partial charge >= 0.3 is 6.18 Å². The van der Waals surface area contributed by atoms with Gasteiger partial charge in [0.05, 0.1) is 17.8 Å². The third-order valence-electron chi connectivity index (χ3n) is 6.92. The van der Waals surface area contributed by atoms with Crippen LogP contribution in [0.15, 0.2) is 66.9 Å². The summed E-state index contributed by atoms with van der Waals surface area (Å²) in [6, 6.07) is 14.7. The van der Waals surface area contributed by atoms with Crippen molar-refractivity contribution in [2.24, 2.45) is 0 Å². The summed E-state index contributed by atoms with van der Waals surface area (Å²) < 4.78 is 38.7. The number of aryl methyl sites for hydroxylation is 1. The van der Waals surface area contributed by atoms with Crippen LogP contribution in [0.25, 0.3) is 6.08 Å². The van der Waals surface area contributed by atoms with Crippen molar-refractivity contribution in [1.82, 2.24) is 19.8 Å². The molecule has 2 aromatic heterocycles. The first kappa shape index (κ1) is 32.3. The van der Waals surface area contributed by atoms with Crippen molar-refractivity contribution in [3.63, 3.8) is 0 Å². The van der Waals surface area contributed by atoms with Crippen LogP contribution >= 0.6 is 0 Å². The maximum Gasteiger partial charge on any atom is 0.416 e. The number of benzene rings is 1. The molecule has 11 heteroatoms. The molecule has 3 aromatic rings. The van der Waals surface area contributed by atoms with E-state index >= 15 is 0 Å². The van der Waals surface area contributed by atoms with Crippen LogP contribution in [0.1, 0.15) is 49.2 Å². The fourth-order valence-corrected chi connectivity index (χ4v) is 4.73. The van der Waals surface area contributed by atoms with Gasteiger partial charge in [0.2, 0.25) is 5.91 Å². The first-order valence-electron chi connectivity index (χ1n) is 13.6. The van der Waals surface area contributed by atoms with Crippen LogP contribution < -0.4 is 5.32 Å². The number of piperidine rings is 1. The van der Waals surface area contributed by atoms with Gasteiger partial charge in [-0.05, 0) is 81.7 Å². The zero-order valence-corrected chi connectivity index (χ0v) is 23.9. The minimum atomic E-state index is -4.40. The summed E-state index contributed by atoms with van der Waals surface area (Å²) in [5, 5.41) is 10.2. The number of nitrogens with zero attached hydrogens (tertiary/aromatic N) is 4. The van der Waals surface area contributed by atoms with Gasteiger partial charge in [0.25, 0.3) is 6.47 Å². The summed E-state index contributed by atoms with van der Waals surface area (Å²) in [6.07, 6.45) is 2.02. The summed E-state index contributed by atoms with van der Waals surface area (Å²) in [7, 11) is 0. The molecule has 1 fully saturated rings. The SMILES string of the molecule is Cc1cc(Nc2cccc(CN(C(=O)/C=C/c3ccc(C(F)(F)F)cc3)C3CCN(C(C)C)CC3)n2)ccn1.O=CO. The lowest BCUT2D eigenvalue weighted by atomic mass is 10.0. The molecule has 1 aromatic carbocycles. The van der Waals surface area contributed by atoms with E-state index in [9.17, 15) is 18.0 Å². The van der Waals surface area contributed by atoms with Crippen LogP contribution in [-0.2, 0) is 22.3 Å². The van der Waals surface area contributed by atoms with Gasteiger partial charge in [-0.3, -0.25) is 14.6 Å². The molecule has 0 atom stereocenters. The Kier molecular flexibility index (Phi) is 11.6. The zero-order valence-electron chi connectivity index (χ0n) is 23.9. The molecule has 8 nitrogen and oxygen atoms in total. The van der Waals surface area contributed by atoms with E-state index in [4.69, 9.17) is 14.9 Å². The van der Waals surface area contributed by atoms with Gasteiger partial charge in [-0.1, -0.05) is 18.2 Å². The van der Waals surface area contributed by atoms with Crippen molar-refractivity contribution < 1.29 is 27.9 Å². The number of likely N-dealkylation sites (tertiary alicyclic amines) is 1. The Morgan fingerprint density at radius 1 is 1.14 bits per heavy atom. The number of nitrogens with one attached hydrogen (secondary N) is 1. The van der Waals surface area contributed by atoms with E-state index < -0.39 is 11.7 Å². The molecule has 0 unspecified atom stereocenters. The number of aromatic nitrogens is 2. The number of pyridine rings is 2. The molecule has 1 saturated heterocycles. The zero-order chi connectivity index (χ0) is 30.7. The van der Waals surface area contributed by atoms with E-state index in [0.29, 0.717) is 24.0 Å². The maximum atomic E-state index is 13.5. The number of carbonyl (C=O) groups excluding carboxylic acids is 1. The van der Waals surface area contributed by atoms with Crippen LogP contribution in [0.2, 0.25) is 0 Å². The van der Waals surface area contributed by atoms with Gasteiger partial charge < -0.3 is 20.2 Å². The third-order valence-corrected chi connectivity index (χ3v) is 6.92. The number of hydrogen-bond acceptors (Lipinski definition) is 6. The number of amides is 1. The highest BCUT2D eigenvalue weighted by molar-refractivity contribution is 5.92. The second-order valence-corrected chi connectivity index (χ2v) is 10.2. The molecule has 4 rings (SSSR count). The Hall–Kier alpha value is -4.25. The third kappa shape index (κ3) is 9.69. The normalized spacial score (nSPS) is 14.4. The van der Waals surface area contributed by atoms with E-state index in [2.05, 4.69) is 29.0 Å². The molecule has 42 heavy (non-hydrogen) atoms. The predicted octanol–water partition coefficient (Wildman–Crippen LogP) is 6.16. The van der Waals surface area contributed by atoms with Crippen LogP contribution in [0.3, 0.4) is 0 Å². The van der Waals surface area contributed by atoms with Crippen LogP contribution in [0.5, 0.6) is 0 Å². The van der Waals surface area contributed by atoms with E-state index in [0.717, 1.165) is 55.1 Å². The van der Waals surface area contributed by atoms with Crippen molar-refractivity contribution in [2.45, 2.75) is 58.4 Å². The topological polar surface area (TPSA) is 98.7 Å². The molecule has 0 bridgehead atoms. The standard InChI is InChI=1S/C30H34F3N5O.CH2O2/c1-21(2)37-17-14-27(15-18-37)38(29(39)12-9-23-7-10-24(11-8-23)30(31,32)33)20-26-5-4-6-28(36-26)35-25-13-16-34-22(3)19-25;2-1-3/h4-13,16,19,21,27H,14-15,17-18,20H2,1-3H3,(H,34,35,36);1H,(H,2,3)/b12-9+;. The highest BCUT2D eigenvalue weighted by atomic mass is 19.4. The molecule has 1 amide bonds. The highest BCUT2D eigenvalue weighted by Gasteiger charge is 2.30. The van der Waals surface area contributed by atoms with Crippen molar-refractivity contribution in [2.75, 3.05) is 18.4 Å². The number of hydrogen-bond donors (Lipinski definition) is 2. The first-order valence-corrected chi connectivity index (χ1v) is 13.6. The van der Waals surface area contributed by atoms with Crippen molar-refractivity contribution in [1.29, 1.82) is 0 Å². The Morgan fingerprint density at radius 3 is 2.40 bits per heavy atom. The Balaban J connectivity index is 0.00000155. The fourth-order valence-electron chi connectivity index (χ4n) is 4.73. The summed E-state index contributed by atoms with van der Waals surface area (Å²) in [4.78, 5) is 35.0. The van der Waals surface area contributed by atoms with E-state index in [1.165, 1.54) is 18.2 Å². The van der Waals surface area contributed by atoms with E-state index in [-0.39, 0.29) is 18.4 Å². The largest absolute Gasteiger partial charge is 0.483 e. The Morgan fingerprint density at radius 2 is 1.81 bits per heavy atom. The monoisotopic (exact) mass is 583 g/mol. The van der Waals surface area contributed by atoms with Gasteiger partial charge in [0.15, 0.2) is 0 Å². The molecule has 3 heterocycles. The molecule has 0 aliphatic carbocycles. The lowest BCUT2D eigenvalue weighted by molar-refractivity contribution is -0.137. The molecule has 0 spiro atoms. The smallest absolute Gasteiger partial charge is 0.416 e. The molecule has 0 saturated carbocycles. The number of anilines is 2. The van der Waals surface area contributed by atoms with Gasteiger partial charge in [-0.15, -0.1) is 0 Å². The van der Waals surface area contributed by atoms with Crippen LogP contribution in [-0.4, -0.2) is 62.4 Å². The lowest BCUT2D eigenvalue weighted by Crippen LogP contribution is -2.48. The molecule has 224 valence electrons. The number of carbonyl (C=O) groups is 2. The lowest BCUT2D eigenvalue weighted by Gasteiger charge is -2.39. The van der Waals surface area contributed by atoms with E-state index in [1.807, 2.05) is 42.2 Å². The Bertz CT molecular complexity index is 1340. The average molecular weight is 584 g/mol. The molecular weight excluding hydrogens is 547 g/mol.